The van der Waals surface area contributed by atoms with Gasteiger partial charge in [0.1, 0.15) is 11.8 Å². The SMILES string of the molecule is CCC[C@@]1(C(=O)OC)[NH2+][C@@H](c2ccco2)[C@H]2C(=O)N(C)C(=O)[C@H]21. The second kappa shape index (κ2) is 5.49. The predicted molar refractivity (Wildman–Crippen MR) is 77.8 cm³/mol. The first-order valence-electron chi connectivity index (χ1n) is 7.77. The maximum atomic E-state index is 12.7. The molecule has 2 fully saturated rings. The number of methoxy groups -OCH3 is 1. The molecular formula is C16H21N2O5+. The van der Waals surface area contributed by atoms with E-state index >= 15 is 0 Å². The number of quaternary nitrogens is 1. The van der Waals surface area contributed by atoms with Crippen LogP contribution in [0.25, 0.3) is 0 Å². The highest BCUT2D eigenvalue weighted by atomic mass is 16.5. The van der Waals surface area contributed by atoms with E-state index in [4.69, 9.17) is 9.15 Å². The van der Waals surface area contributed by atoms with E-state index < -0.39 is 29.4 Å². The Morgan fingerprint density at radius 2 is 2.17 bits per heavy atom. The molecule has 7 nitrogen and oxygen atoms in total. The molecule has 0 saturated carbocycles. The number of hydrogen-bond donors (Lipinski definition) is 1. The van der Waals surface area contributed by atoms with Crippen LogP contribution in [0.2, 0.25) is 0 Å². The first-order valence-corrected chi connectivity index (χ1v) is 7.77. The molecule has 4 atom stereocenters. The Kier molecular flexibility index (Phi) is 3.75. The van der Waals surface area contributed by atoms with Gasteiger partial charge >= 0.3 is 5.97 Å². The fourth-order valence-electron chi connectivity index (χ4n) is 4.15. The van der Waals surface area contributed by atoms with E-state index in [1.165, 1.54) is 20.4 Å². The Labute approximate surface area is 134 Å². The Hall–Kier alpha value is -2.15. The quantitative estimate of drug-likeness (QED) is 0.614. The van der Waals surface area contributed by atoms with Gasteiger partial charge in [0.2, 0.25) is 17.4 Å². The zero-order chi connectivity index (χ0) is 16.8. The predicted octanol–water partition coefficient (Wildman–Crippen LogP) is -0.159. The third-order valence-corrected chi connectivity index (χ3v) is 5.09. The van der Waals surface area contributed by atoms with Gasteiger partial charge in [-0.25, -0.2) is 4.79 Å². The number of esters is 1. The van der Waals surface area contributed by atoms with Gasteiger partial charge in [0.15, 0.2) is 11.8 Å². The van der Waals surface area contributed by atoms with Crippen LogP contribution in [0, 0.1) is 11.8 Å². The third-order valence-electron chi connectivity index (χ3n) is 5.09. The molecule has 3 rings (SSSR count). The molecule has 2 N–H and O–H groups in total. The van der Waals surface area contributed by atoms with Crippen LogP contribution in [0.15, 0.2) is 22.8 Å². The number of nitrogens with two attached hydrogens (primary N) is 1. The molecule has 2 amide bonds. The van der Waals surface area contributed by atoms with E-state index in [2.05, 4.69) is 0 Å². The van der Waals surface area contributed by atoms with Gasteiger partial charge in [0.25, 0.3) is 0 Å². The van der Waals surface area contributed by atoms with Gasteiger partial charge in [-0.2, -0.15) is 0 Å². The minimum atomic E-state index is -1.08. The number of imide groups is 1. The Balaban J connectivity index is 2.13. The molecule has 3 heterocycles. The summed E-state index contributed by atoms with van der Waals surface area (Å²) in [4.78, 5) is 39.0. The smallest absolute Gasteiger partial charge is 0.368 e. The molecule has 2 aliphatic rings. The lowest BCUT2D eigenvalue weighted by atomic mass is 9.77. The standard InChI is InChI=1S/C16H20N2O5/c1-4-7-16(15(21)22-3)11-10(13(19)18(2)14(11)20)12(17-16)9-6-5-8-23-9/h5-6,8,10-12,17H,4,7H2,1-3H3/p+1/t10-,11-,12-,16+/m0/s1. The van der Waals surface area contributed by atoms with E-state index in [9.17, 15) is 14.4 Å². The number of likely N-dealkylation sites (tertiary alicyclic amines) is 1. The number of nitrogens with zero attached hydrogens (tertiary/aromatic N) is 1. The topological polar surface area (TPSA) is 93.4 Å². The van der Waals surface area contributed by atoms with Gasteiger partial charge in [-0.1, -0.05) is 6.92 Å². The highest BCUT2D eigenvalue weighted by molar-refractivity contribution is 6.08. The highest BCUT2D eigenvalue weighted by Gasteiger charge is 2.72. The van der Waals surface area contributed by atoms with E-state index in [0.29, 0.717) is 18.6 Å². The van der Waals surface area contributed by atoms with Crippen LogP contribution >= 0.6 is 0 Å². The van der Waals surface area contributed by atoms with Crippen LogP contribution in [-0.4, -0.2) is 42.4 Å². The normalized spacial score (nSPS) is 33.2. The molecule has 23 heavy (non-hydrogen) atoms. The molecule has 0 bridgehead atoms. The summed E-state index contributed by atoms with van der Waals surface area (Å²) < 4.78 is 10.5. The van der Waals surface area contributed by atoms with Crippen molar-refractivity contribution in [2.24, 2.45) is 11.8 Å². The lowest BCUT2D eigenvalue weighted by Gasteiger charge is -2.28. The minimum Gasteiger partial charge on any atom is -0.464 e. The van der Waals surface area contributed by atoms with Crippen molar-refractivity contribution in [1.29, 1.82) is 0 Å². The number of fused-ring (bicyclic) bond motifs is 1. The molecule has 0 aromatic carbocycles. The van der Waals surface area contributed by atoms with Crippen molar-refractivity contribution in [2.75, 3.05) is 14.2 Å². The fraction of sp³-hybridized carbons (Fsp3) is 0.562. The van der Waals surface area contributed by atoms with E-state index in [0.717, 1.165) is 4.90 Å². The summed E-state index contributed by atoms with van der Waals surface area (Å²) in [5.41, 5.74) is -1.08. The molecule has 124 valence electrons. The summed E-state index contributed by atoms with van der Waals surface area (Å²) >= 11 is 0. The summed E-state index contributed by atoms with van der Waals surface area (Å²) in [6, 6.07) is 3.11. The van der Waals surface area contributed by atoms with Crippen molar-refractivity contribution in [3.8, 4) is 0 Å². The molecule has 1 aromatic heterocycles. The number of carbonyl (C=O) groups is 3. The van der Waals surface area contributed by atoms with E-state index in [1.54, 1.807) is 17.4 Å². The lowest BCUT2D eigenvalue weighted by Crippen LogP contribution is -2.98. The second-order valence-corrected chi connectivity index (χ2v) is 6.23. The Bertz CT molecular complexity index is 641. The van der Waals surface area contributed by atoms with Crippen molar-refractivity contribution in [3.05, 3.63) is 24.2 Å². The van der Waals surface area contributed by atoms with Crippen molar-refractivity contribution in [2.45, 2.75) is 31.3 Å². The van der Waals surface area contributed by atoms with Crippen molar-refractivity contribution >= 4 is 17.8 Å². The number of furan rings is 1. The van der Waals surface area contributed by atoms with Gasteiger partial charge in [-0.15, -0.1) is 0 Å². The number of rotatable bonds is 4. The van der Waals surface area contributed by atoms with E-state index in [1.807, 2.05) is 6.92 Å². The molecule has 0 spiro atoms. The van der Waals surface area contributed by atoms with Gasteiger partial charge in [-0.05, 0) is 18.6 Å². The van der Waals surface area contributed by atoms with Gasteiger partial charge in [0.05, 0.1) is 13.4 Å². The van der Waals surface area contributed by atoms with Crippen molar-refractivity contribution in [1.82, 2.24) is 4.90 Å². The van der Waals surface area contributed by atoms with Gasteiger partial charge < -0.3 is 14.5 Å². The van der Waals surface area contributed by atoms with Crippen molar-refractivity contribution in [3.63, 3.8) is 0 Å². The van der Waals surface area contributed by atoms with Crippen molar-refractivity contribution < 1.29 is 28.9 Å². The molecule has 0 unspecified atom stereocenters. The summed E-state index contributed by atoms with van der Waals surface area (Å²) in [7, 11) is 2.78. The highest BCUT2D eigenvalue weighted by Crippen LogP contribution is 2.45. The van der Waals surface area contributed by atoms with Crippen LogP contribution in [0.3, 0.4) is 0 Å². The van der Waals surface area contributed by atoms with Crippen LogP contribution in [0.1, 0.15) is 31.6 Å². The molecule has 2 aliphatic heterocycles. The molecular weight excluding hydrogens is 300 g/mol. The third kappa shape index (κ3) is 2.03. The number of ether oxygens (including phenoxy) is 1. The number of hydrogen-bond acceptors (Lipinski definition) is 5. The molecule has 0 aliphatic carbocycles. The molecule has 0 radical (unpaired) electrons. The minimum absolute atomic E-state index is 0.264. The number of carbonyl (C=O) groups excluding carboxylic acids is 3. The van der Waals surface area contributed by atoms with E-state index in [-0.39, 0.29) is 11.8 Å². The van der Waals surface area contributed by atoms with Gasteiger partial charge in [-0.3, -0.25) is 14.5 Å². The maximum absolute atomic E-state index is 12.7. The molecule has 7 heteroatoms. The monoisotopic (exact) mass is 321 g/mol. The van der Waals surface area contributed by atoms with Crippen LogP contribution in [0.4, 0.5) is 0 Å². The summed E-state index contributed by atoms with van der Waals surface area (Å²) in [6.45, 7) is 1.94. The van der Waals surface area contributed by atoms with Gasteiger partial charge in [0, 0.05) is 13.5 Å². The largest absolute Gasteiger partial charge is 0.464 e. The zero-order valence-electron chi connectivity index (χ0n) is 13.4. The summed E-state index contributed by atoms with van der Waals surface area (Å²) in [6.07, 6.45) is 2.69. The first-order chi connectivity index (χ1) is 11.0. The zero-order valence-corrected chi connectivity index (χ0v) is 13.4. The Morgan fingerprint density at radius 3 is 2.74 bits per heavy atom. The fourth-order valence-corrected chi connectivity index (χ4v) is 4.15. The summed E-state index contributed by atoms with van der Waals surface area (Å²) in [5, 5.41) is 1.80. The van der Waals surface area contributed by atoms with Crippen LogP contribution < -0.4 is 5.32 Å². The van der Waals surface area contributed by atoms with Crippen LogP contribution in [-0.2, 0) is 19.1 Å². The lowest BCUT2D eigenvalue weighted by molar-refractivity contribution is -0.736. The maximum Gasteiger partial charge on any atom is 0.368 e. The first kappa shape index (κ1) is 15.7. The summed E-state index contributed by atoms with van der Waals surface area (Å²) in [5.74, 6) is -1.77. The van der Waals surface area contributed by atoms with Crippen LogP contribution in [0.5, 0.6) is 0 Å². The molecule has 2 saturated heterocycles. The average molecular weight is 321 g/mol. The Morgan fingerprint density at radius 1 is 1.43 bits per heavy atom. The number of amides is 2. The average Bonchev–Trinajstić information content (AvgIpc) is 3.22. The second-order valence-electron chi connectivity index (χ2n) is 6.23. The molecule has 1 aromatic rings.